The van der Waals surface area contributed by atoms with E-state index in [2.05, 4.69) is 5.32 Å². The summed E-state index contributed by atoms with van der Waals surface area (Å²) in [5.74, 6) is -1.02. The minimum atomic E-state index is -3.16. The highest BCUT2D eigenvalue weighted by atomic mass is 32.2. The van der Waals surface area contributed by atoms with Crippen molar-refractivity contribution in [1.29, 1.82) is 0 Å². The normalized spacial score (nSPS) is 22.6. The lowest BCUT2D eigenvalue weighted by molar-refractivity contribution is 0.498. The van der Waals surface area contributed by atoms with Gasteiger partial charge in [-0.25, -0.2) is 17.2 Å². The van der Waals surface area contributed by atoms with Crippen molar-refractivity contribution in [2.24, 2.45) is 0 Å². The number of benzene rings is 1. The Morgan fingerprint density at radius 1 is 1.32 bits per heavy atom. The molecule has 0 radical (unpaired) electrons. The fraction of sp³-hybridized carbons (Fsp3) is 0.385. The molecule has 0 saturated carbocycles. The molecular weight excluding hydrogens is 272 g/mol. The van der Waals surface area contributed by atoms with Gasteiger partial charge in [-0.3, -0.25) is 0 Å². The number of sulfone groups is 1. The van der Waals surface area contributed by atoms with Crippen LogP contribution in [-0.4, -0.2) is 20.2 Å². The number of aryl methyl sites for hydroxylation is 1. The van der Waals surface area contributed by atoms with Gasteiger partial charge in [0.15, 0.2) is 9.84 Å². The van der Waals surface area contributed by atoms with Crippen molar-refractivity contribution in [1.82, 2.24) is 5.32 Å². The predicted molar refractivity (Wildman–Crippen MR) is 69.4 cm³/mol. The Kier molecular flexibility index (Phi) is 3.73. The van der Waals surface area contributed by atoms with Crippen LogP contribution in [0.25, 0.3) is 0 Å². The summed E-state index contributed by atoms with van der Waals surface area (Å²) in [4.78, 5) is 0. The van der Waals surface area contributed by atoms with Gasteiger partial charge in [-0.2, -0.15) is 0 Å². The second kappa shape index (κ2) is 5.02. The van der Waals surface area contributed by atoms with Crippen molar-refractivity contribution < 1.29 is 17.2 Å². The molecule has 0 aliphatic carbocycles. The van der Waals surface area contributed by atoms with E-state index in [1.54, 1.807) is 6.92 Å². The third kappa shape index (κ3) is 3.19. The fourth-order valence-corrected chi connectivity index (χ4v) is 3.33. The standard InChI is InChI=1S/C13H15F2NO2S/c1-8-5-13(15)11(6-12(8)14)9(2)16-10-3-4-19(17,18)7-10/h3-6,9-10,16H,7H2,1-2H3. The molecule has 104 valence electrons. The van der Waals surface area contributed by atoms with Crippen LogP contribution in [0.15, 0.2) is 23.6 Å². The largest absolute Gasteiger partial charge is 0.303 e. The first-order valence-corrected chi connectivity index (χ1v) is 7.62. The fourth-order valence-electron chi connectivity index (χ4n) is 2.08. The summed E-state index contributed by atoms with van der Waals surface area (Å²) >= 11 is 0. The van der Waals surface area contributed by atoms with Crippen LogP contribution in [0, 0.1) is 18.6 Å². The molecule has 0 aromatic heterocycles. The van der Waals surface area contributed by atoms with Gasteiger partial charge >= 0.3 is 0 Å². The van der Waals surface area contributed by atoms with Crippen molar-refractivity contribution in [2.75, 3.05) is 5.75 Å². The summed E-state index contributed by atoms with van der Waals surface area (Å²) in [6.07, 6.45) is 1.52. The van der Waals surface area contributed by atoms with Crippen LogP contribution in [0.4, 0.5) is 8.78 Å². The zero-order valence-electron chi connectivity index (χ0n) is 10.7. The Hall–Kier alpha value is -1.27. The average Bonchev–Trinajstić information content (AvgIpc) is 2.63. The SMILES string of the molecule is Cc1cc(F)c(C(C)NC2C=CS(=O)(=O)C2)cc1F. The molecule has 6 heteroatoms. The molecule has 2 atom stereocenters. The summed E-state index contributed by atoms with van der Waals surface area (Å²) < 4.78 is 49.7. The number of halogens is 2. The molecular formula is C13H15F2NO2S. The minimum absolute atomic E-state index is 0.0483. The van der Waals surface area contributed by atoms with Crippen LogP contribution in [0.1, 0.15) is 24.1 Å². The quantitative estimate of drug-likeness (QED) is 0.927. The van der Waals surface area contributed by atoms with Gasteiger partial charge in [-0.15, -0.1) is 0 Å². The van der Waals surface area contributed by atoms with E-state index >= 15 is 0 Å². The molecule has 0 saturated heterocycles. The Morgan fingerprint density at radius 3 is 2.58 bits per heavy atom. The molecule has 2 rings (SSSR count). The molecule has 1 heterocycles. The zero-order chi connectivity index (χ0) is 14.2. The van der Waals surface area contributed by atoms with E-state index in [9.17, 15) is 17.2 Å². The molecule has 0 amide bonds. The number of hydrogen-bond acceptors (Lipinski definition) is 3. The van der Waals surface area contributed by atoms with Gasteiger partial charge in [0.05, 0.1) is 5.75 Å². The summed E-state index contributed by atoms with van der Waals surface area (Å²) in [6.45, 7) is 3.17. The molecule has 3 nitrogen and oxygen atoms in total. The first kappa shape index (κ1) is 14.1. The number of hydrogen-bond donors (Lipinski definition) is 1. The maximum Gasteiger partial charge on any atom is 0.173 e. The highest BCUT2D eigenvalue weighted by molar-refractivity contribution is 7.94. The minimum Gasteiger partial charge on any atom is -0.303 e. The van der Waals surface area contributed by atoms with Crippen molar-refractivity contribution in [3.63, 3.8) is 0 Å². The second-order valence-electron chi connectivity index (χ2n) is 4.78. The Morgan fingerprint density at radius 2 is 2.00 bits per heavy atom. The summed E-state index contributed by atoms with van der Waals surface area (Å²) in [5, 5.41) is 4.11. The molecule has 1 N–H and O–H groups in total. The lowest BCUT2D eigenvalue weighted by Crippen LogP contribution is -2.32. The second-order valence-corrected chi connectivity index (χ2v) is 6.71. The van der Waals surface area contributed by atoms with E-state index in [1.165, 1.54) is 13.0 Å². The Labute approximate surface area is 111 Å². The van der Waals surface area contributed by atoms with Crippen LogP contribution in [0.2, 0.25) is 0 Å². The van der Waals surface area contributed by atoms with Crippen molar-refractivity contribution in [3.8, 4) is 0 Å². The smallest absolute Gasteiger partial charge is 0.173 e. The predicted octanol–water partition coefficient (Wildman–Crippen LogP) is 2.23. The van der Waals surface area contributed by atoms with Gasteiger partial charge in [0.2, 0.25) is 0 Å². The van der Waals surface area contributed by atoms with Crippen LogP contribution < -0.4 is 5.32 Å². The molecule has 0 fully saturated rings. The molecule has 0 spiro atoms. The van der Waals surface area contributed by atoms with Gasteiger partial charge in [0.25, 0.3) is 0 Å². The van der Waals surface area contributed by atoms with Crippen LogP contribution in [-0.2, 0) is 9.84 Å². The molecule has 19 heavy (non-hydrogen) atoms. The van der Waals surface area contributed by atoms with Gasteiger partial charge in [-0.05, 0) is 31.5 Å². The topological polar surface area (TPSA) is 46.2 Å². The van der Waals surface area contributed by atoms with Gasteiger partial charge in [-0.1, -0.05) is 6.08 Å². The monoisotopic (exact) mass is 287 g/mol. The van der Waals surface area contributed by atoms with Crippen molar-refractivity contribution in [2.45, 2.75) is 25.9 Å². The molecule has 0 bridgehead atoms. The van der Waals surface area contributed by atoms with E-state index in [1.807, 2.05) is 0 Å². The van der Waals surface area contributed by atoms with E-state index in [0.717, 1.165) is 17.5 Å². The van der Waals surface area contributed by atoms with Crippen LogP contribution >= 0.6 is 0 Å². The first-order chi connectivity index (χ1) is 8.78. The van der Waals surface area contributed by atoms with Crippen molar-refractivity contribution >= 4 is 9.84 Å². The van der Waals surface area contributed by atoms with Crippen LogP contribution in [0.5, 0.6) is 0 Å². The Balaban J connectivity index is 2.15. The van der Waals surface area contributed by atoms with Gasteiger partial charge in [0, 0.05) is 23.1 Å². The van der Waals surface area contributed by atoms with E-state index in [0.29, 0.717) is 0 Å². The summed E-state index contributed by atoms with van der Waals surface area (Å²) in [7, 11) is -3.16. The molecule has 2 unspecified atom stereocenters. The lowest BCUT2D eigenvalue weighted by Gasteiger charge is -2.19. The third-order valence-corrected chi connectivity index (χ3v) is 4.53. The summed E-state index contributed by atoms with van der Waals surface area (Å²) in [5.41, 5.74) is 0.442. The maximum absolute atomic E-state index is 13.8. The first-order valence-electron chi connectivity index (χ1n) is 5.91. The third-order valence-electron chi connectivity index (χ3n) is 3.14. The average molecular weight is 287 g/mol. The number of nitrogens with one attached hydrogen (secondary N) is 1. The van der Waals surface area contributed by atoms with Gasteiger partial charge in [0.1, 0.15) is 11.6 Å². The lowest BCUT2D eigenvalue weighted by atomic mass is 10.0. The molecule has 1 aromatic rings. The van der Waals surface area contributed by atoms with E-state index in [4.69, 9.17) is 0 Å². The van der Waals surface area contributed by atoms with E-state index in [-0.39, 0.29) is 22.9 Å². The summed E-state index contributed by atoms with van der Waals surface area (Å²) in [6, 6.07) is 1.45. The number of rotatable bonds is 3. The highest BCUT2D eigenvalue weighted by Gasteiger charge is 2.24. The van der Waals surface area contributed by atoms with Crippen LogP contribution in [0.3, 0.4) is 0 Å². The highest BCUT2D eigenvalue weighted by Crippen LogP contribution is 2.22. The molecule has 1 aromatic carbocycles. The van der Waals surface area contributed by atoms with Gasteiger partial charge < -0.3 is 5.32 Å². The molecule has 1 aliphatic heterocycles. The maximum atomic E-state index is 13.8. The van der Waals surface area contributed by atoms with Crippen molar-refractivity contribution in [3.05, 3.63) is 46.4 Å². The Bertz CT molecular complexity index is 626. The van der Waals surface area contributed by atoms with E-state index < -0.39 is 27.5 Å². The molecule has 1 aliphatic rings. The zero-order valence-corrected chi connectivity index (χ0v) is 11.5.